The minimum atomic E-state index is -0.511. The van der Waals surface area contributed by atoms with Crippen LogP contribution in [0.4, 0.5) is 11.4 Å². The van der Waals surface area contributed by atoms with Gasteiger partial charge in [-0.25, -0.2) is 0 Å². The van der Waals surface area contributed by atoms with Crippen molar-refractivity contribution in [2.75, 3.05) is 13.1 Å². The Balaban J connectivity index is 2.44. The number of rotatable bonds is 9. The van der Waals surface area contributed by atoms with Crippen LogP contribution >= 0.6 is 0 Å². The largest absolute Gasteiger partial charge is 0.493 e. The number of carbonyl (C=O) groups excluding carboxylic acids is 1. The highest BCUT2D eigenvalue weighted by Gasteiger charge is 2.20. The Bertz CT molecular complexity index is 1040. The quantitative estimate of drug-likeness (QED) is 0.590. The van der Waals surface area contributed by atoms with Crippen molar-refractivity contribution < 1.29 is 9.90 Å². The second-order valence-corrected chi connectivity index (χ2v) is 7.03. The molecule has 1 aromatic carbocycles. The lowest BCUT2D eigenvalue weighted by Gasteiger charge is -2.18. The zero-order chi connectivity index (χ0) is 23.0. The van der Waals surface area contributed by atoms with E-state index in [1.165, 1.54) is 4.57 Å². The summed E-state index contributed by atoms with van der Waals surface area (Å²) in [5, 5.41) is 28.5. The third-order valence-electron chi connectivity index (χ3n) is 5.15. The van der Waals surface area contributed by atoms with Crippen molar-refractivity contribution in [1.82, 2.24) is 9.47 Å². The van der Waals surface area contributed by atoms with Gasteiger partial charge in [0.25, 0.3) is 11.5 Å². The van der Waals surface area contributed by atoms with Gasteiger partial charge in [-0.05, 0) is 51.0 Å². The van der Waals surface area contributed by atoms with E-state index in [-0.39, 0.29) is 23.0 Å². The van der Waals surface area contributed by atoms with Crippen LogP contribution in [0.15, 0.2) is 39.3 Å². The summed E-state index contributed by atoms with van der Waals surface area (Å²) >= 11 is 0. The molecule has 0 radical (unpaired) electrons. The predicted octanol–water partition coefficient (Wildman–Crippen LogP) is 4.69. The van der Waals surface area contributed by atoms with Crippen LogP contribution < -0.4 is 5.56 Å². The molecule has 0 unspecified atom stereocenters. The highest BCUT2D eigenvalue weighted by molar-refractivity contribution is 5.94. The van der Waals surface area contributed by atoms with Gasteiger partial charge in [-0.3, -0.25) is 14.2 Å². The highest BCUT2D eigenvalue weighted by atomic mass is 16.3. The molecular formula is C23H29N5O3. The molecular weight excluding hydrogens is 394 g/mol. The molecule has 164 valence electrons. The summed E-state index contributed by atoms with van der Waals surface area (Å²) in [5.41, 5.74) is 1.00. The van der Waals surface area contributed by atoms with Gasteiger partial charge in [-0.1, -0.05) is 20.3 Å². The van der Waals surface area contributed by atoms with E-state index in [1.54, 1.807) is 36.1 Å². The number of aromatic nitrogens is 1. The number of pyridine rings is 1. The second-order valence-electron chi connectivity index (χ2n) is 7.03. The Morgan fingerprint density at radius 2 is 1.77 bits per heavy atom. The van der Waals surface area contributed by atoms with Crippen LogP contribution in [-0.4, -0.2) is 33.6 Å². The molecule has 8 nitrogen and oxygen atoms in total. The van der Waals surface area contributed by atoms with Crippen LogP contribution in [0.5, 0.6) is 5.88 Å². The van der Waals surface area contributed by atoms with Gasteiger partial charge in [0.05, 0.1) is 5.69 Å². The Morgan fingerprint density at radius 1 is 1.13 bits per heavy atom. The zero-order valence-corrected chi connectivity index (χ0v) is 18.6. The fourth-order valence-electron chi connectivity index (χ4n) is 3.30. The van der Waals surface area contributed by atoms with Crippen LogP contribution in [0.2, 0.25) is 0 Å². The van der Waals surface area contributed by atoms with Gasteiger partial charge in [-0.2, -0.15) is 10.4 Å². The third kappa shape index (κ3) is 5.18. The Hall–Kier alpha value is -3.47. The maximum absolute atomic E-state index is 12.6. The smallest absolute Gasteiger partial charge is 0.271 e. The topological polar surface area (TPSA) is 111 Å². The van der Waals surface area contributed by atoms with Crippen molar-refractivity contribution in [3.63, 3.8) is 0 Å². The molecule has 0 spiro atoms. The summed E-state index contributed by atoms with van der Waals surface area (Å²) in [7, 11) is 0. The van der Waals surface area contributed by atoms with Crippen LogP contribution in [-0.2, 0) is 13.0 Å². The van der Waals surface area contributed by atoms with E-state index in [0.717, 1.165) is 6.42 Å². The van der Waals surface area contributed by atoms with Crippen molar-refractivity contribution in [2.24, 2.45) is 10.2 Å². The molecule has 0 bridgehead atoms. The summed E-state index contributed by atoms with van der Waals surface area (Å²) in [5.74, 6) is -0.340. The summed E-state index contributed by atoms with van der Waals surface area (Å²) < 4.78 is 1.18. The summed E-state index contributed by atoms with van der Waals surface area (Å²) in [6.45, 7) is 9.18. The molecule has 1 N–H and O–H groups in total. The molecule has 2 aromatic rings. The van der Waals surface area contributed by atoms with Gasteiger partial charge in [0.2, 0.25) is 5.88 Å². The molecule has 0 aliphatic heterocycles. The first-order chi connectivity index (χ1) is 14.9. The highest BCUT2D eigenvalue weighted by Crippen LogP contribution is 2.33. The van der Waals surface area contributed by atoms with Gasteiger partial charge in [0.15, 0.2) is 5.69 Å². The van der Waals surface area contributed by atoms with Crippen LogP contribution in [0.3, 0.4) is 0 Å². The average molecular weight is 424 g/mol. The molecule has 1 heterocycles. The summed E-state index contributed by atoms with van der Waals surface area (Å²) in [6.07, 6.45) is 1.87. The van der Waals surface area contributed by atoms with Crippen LogP contribution in [0.1, 0.15) is 62.0 Å². The number of nitriles is 1. The van der Waals surface area contributed by atoms with E-state index in [2.05, 4.69) is 10.2 Å². The monoisotopic (exact) mass is 423 g/mol. The van der Waals surface area contributed by atoms with E-state index >= 15 is 0 Å². The number of nitrogens with zero attached hydrogens (tertiary/aromatic N) is 5. The fourth-order valence-corrected chi connectivity index (χ4v) is 3.30. The van der Waals surface area contributed by atoms with Crippen LogP contribution in [0, 0.1) is 11.3 Å². The van der Waals surface area contributed by atoms with Gasteiger partial charge in [-0.15, -0.1) is 5.11 Å². The molecule has 0 atom stereocenters. The Morgan fingerprint density at radius 3 is 2.29 bits per heavy atom. The minimum Gasteiger partial charge on any atom is -0.493 e. The Labute approximate surface area is 182 Å². The molecule has 31 heavy (non-hydrogen) atoms. The van der Waals surface area contributed by atoms with E-state index in [4.69, 9.17) is 0 Å². The number of carbonyl (C=O) groups is 1. The van der Waals surface area contributed by atoms with Gasteiger partial charge in [0, 0.05) is 30.8 Å². The van der Waals surface area contributed by atoms with Crippen LogP contribution in [0.25, 0.3) is 0 Å². The maximum Gasteiger partial charge on any atom is 0.271 e. The number of aromatic hydroxyl groups is 1. The lowest BCUT2D eigenvalue weighted by atomic mass is 10.1. The molecule has 0 aliphatic carbocycles. The number of hydrogen-bond acceptors (Lipinski definition) is 6. The SMILES string of the molecule is CCCCn1c(O)c(/N=N/c2ccc(C(=O)N(CC)CC)cc2)c(CC)c(C#N)c1=O. The first-order valence-corrected chi connectivity index (χ1v) is 10.6. The molecule has 2 rings (SSSR count). The standard InChI is InChI=1S/C23H29N5O3/c1-5-9-14-28-22(30)19(15-24)18(6-2)20(23(28)31)26-25-17-12-10-16(11-13-17)21(29)27(7-3)8-4/h10-13,31H,5-9,14H2,1-4H3/b26-25+. The fraction of sp³-hybridized carbons (Fsp3) is 0.435. The van der Waals surface area contributed by atoms with E-state index < -0.39 is 5.56 Å². The van der Waals surface area contributed by atoms with E-state index in [9.17, 15) is 20.0 Å². The molecule has 1 amide bonds. The second kappa shape index (κ2) is 11.1. The maximum atomic E-state index is 12.6. The van der Waals surface area contributed by atoms with E-state index in [1.807, 2.05) is 26.8 Å². The van der Waals surface area contributed by atoms with Crippen molar-refractivity contribution in [2.45, 2.75) is 53.5 Å². The van der Waals surface area contributed by atoms with Gasteiger partial charge in [0.1, 0.15) is 11.6 Å². The van der Waals surface area contributed by atoms with E-state index in [0.29, 0.717) is 49.3 Å². The lowest BCUT2D eigenvalue weighted by Crippen LogP contribution is -2.30. The molecule has 0 saturated carbocycles. The average Bonchev–Trinajstić information content (AvgIpc) is 2.79. The molecule has 0 fully saturated rings. The normalized spacial score (nSPS) is 10.9. The van der Waals surface area contributed by atoms with Crippen molar-refractivity contribution in [3.05, 3.63) is 51.3 Å². The summed E-state index contributed by atoms with van der Waals surface area (Å²) in [6, 6.07) is 8.64. The first-order valence-electron chi connectivity index (χ1n) is 10.6. The molecule has 0 aliphatic rings. The predicted molar refractivity (Wildman–Crippen MR) is 119 cm³/mol. The van der Waals surface area contributed by atoms with Gasteiger partial charge >= 0.3 is 0 Å². The van der Waals surface area contributed by atoms with Gasteiger partial charge < -0.3 is 10.0 Å². The van der Waals surface area contributed by atoms with Crippen molar-refractivity contribution in [1.29, 1.82) is 5.26 Å². The minimum absolute atomic E-state index is 0.0227. The zero-order valence-electron chi connectivity index (χ0n) is 18.6. The van der Waals surface area contributed by atoms with Crippen molar-refractivity contribution >= 4 is 17.3 Å². The lowest BCUT2D eigenvalue weighted by molar-refractivity contribution is 0.0773. The molecule has 8 heteroatoms. The number of azo groups is 1. The molecule has 0 saturated heterocycles. The third-order valence-corrected chi connectivity index (χ3v) is 5.15. The number of amides is 1. The summed E-state index contributed by atoms with van der Waals surface area (Å²) in [4.78, 5) is 26.8. The van der Waals surface area contributed by atoms with Crippen molar-refractivity contribution in [3.8, 4) is 11.9 Å². The Kier molecular flexibility index (Phi) is 8.50. The number of benzene rings is 1. The number of unbranched alkanes of at least 4 members (excludes halogenated alkanes) is 1. The molecule has 1 aromatic heterocycles. The number of hydrogen-bond donors (Lipinski definition) is 1. The first kappa shape index (κ1) is 23.8.